The highest BCUT2D eigenvalue weighted by atomic mass is 16.2. The summed E-state index contributed by atoms with van der Waals surface area (Å²) in [7, 11) is 0. The fourth-order valence-electron chi connectivity index (χ4n) is 5.34. The first-order valence-electron chi connectivity index (χ1n) is 12.5. The van der Waals surface area contributed by atoms with Gasteiger partial charge >= 0.3 is 0 Å². The van der Waals surface area contributed by atoms with Gasteiger partial charge in [0.15, 0.2) is 0 Å². The van der Waals surface area contributed by atoms with Gasteiger partial charge in [0.1, 0.15) is 23.2 Å². The summed E-state index contributed by atoms with van der Waals surface area (Å²) in [6.45, 7) is 4.50. The van der Waals surface area contributed by atoms with Crippen molar-refractivity contribution in [3.63, 3.8) is 0 Å². The van der Waals surface area contributed by atoms with Gasteiger partial charge in [-0.15, -0.1) is 0 Å². The number of hydrogen-bond donors (Lipinski definition) is 2. The lowest BCUT2D eigenvalue weighted by atomic mass is 10.0. The number of imidazole rings is 1. The van der Waals surface area contributed by atoms with E-state index in [2.05, 4.69) is 47.1 Å². The molecule has 8 heteroatoms. The molecule has 1 saturated heterocycles. The number of amides is 3. The van der Waals surface area contributed by atoms with Gasteiger partial charge in [0.25, 0.3) is 5.91 Å². The first-order chi connectivity index (χ1) is 17.9. The van der Waals surface area contributed by atoms with Crippen LogP contribution >= 0.6 is 0 Å². The molecule has 4 heterocycles. The number of aromatic nitrogens is 2. The van der Waals surface area contributed by atoms with Crippen molar-refractivity contribution in [2.45, 2.75) is 45.3 Å². The minimum Gasteiger partial charge on any atom is -0.363 e. The molecule has 2 atom stereocenters. The van der Waals surface area contributed by atoms with Crippen LogP contribution in [0.5, 0.6) is 0 Å². The summed E-state index contributed by atoms with van der Waals surface area (Å²) in [4.78, 5) is 43.7. The number of nitrogens with zero attached hydrogens (tertiary/aromatic N) is 3. The molecule has 2 aliphatic heterocycles. The summed E-state index contributed by atoms with van der Waals surface area (Å²) in [6.07, 6.45) is 0.575. The Morgan fingerprint density at radius 3 is 2.62 bits per heavy atom. The molecule has 2 aliphatic rings. The number of nitrogens with one attached hydrogen (secondary N) is 2. The van der Waals surface area contributed by atoms with Gasteiger partial charge in [-0.2, -0.15) is 0 Å². The van der Waals surface area contributed by atoms with Crippen LogP contribution in [0.3, 0.4) is 0 Å². The number of fused-ring (bicyclic) bond motifs is 2. The minimum atomic E-state index is -0.636. The van der Waals surface area contributed by atoms with Crippen LogP contribution in [0.2, 0.25) is 0 Å². The molecular formula is C29H27N5O3. The molecule has 2 aromatic carbocycles. The van der Waals surface area contributed by atoms with Crippen molar-refractivity contribution in [1.82, 2.24) is 19.6 Å². The zero-order valence-corrected chi connectivity index (χ0v) is 20.7. The average molecular weight is 494 g/mol. The van der Waals surface area contributed by atoms with Crippen molar-refractivity contribution in [2.75, 3.05) is 5.32 Å². The van der Waals surface area contributed by atoms with Gasteiger partial charge in [-0.05, 0) is 55.7 Å². The zero-order chi connectivity index (χ0) is 25.7. The van der Waals surface area contributed by atoms with E-state index in [1.54, 1.807) is 4.90 Å². The fourth-order valence-corrected chi connectivity index (χ4v) is 5.34. The highest BCUT2D eigenvalue weighted by molar-refractivity contribution is 6.05. The van der Waals surface area contributed by atoms with Crippen molar-refractivity contribution < 1.29 is 14.4 Å². The highest BCUT2D eigenvalue weighted by Crippen LogP contribution is 2.36. The maximum Gasteiger partial charge on any atom is 0.255 e. The maximum absolute atomic E-state index is 13.2. The van der Waals surface area contributed by atoms with E-state index in [-0.39, 0.29) is 24.3 Å². The number of rotatable bonds is 5. The van der Waals surface area contributed by atoms with Gasteiger partial charge in [0, 0.05) is 35.8 Å². The van der Waals surface area contributed by atoms with Crippen LogP contribution in [0.4, 0.5) is 5.82 Å². The standard InChI is InChI=1S/C29H27N5O3/c1-17-7-6-10-24-31-26(27(34(17)24)30-18(2)19-8-4-3-5-9-19)20-11-12-22-21(15-20)16-33(29(22)37)23-13-14-25(35)32-28(23)36/h3-12,15,18,23,30H,13-14,16H2,1-2H3,(H,32,35,36). The molecule has 2 N–H and O–H groups in total. The van der Waals surface area contributed by atoms with Crippen molar-refractivity contribution in [3.8, 4) is 11.3 Å². The number of piperidine rings is 1. The SMILES string of the molecule is Cc1cccc2nc(-c3ccc4c(c3)CN(C3CCC(=O)NC3=O)C4=O)c(NC(C)c3ccccc3)n12. The Balaban J connectivity index is 1.38. The Hall–Kier alpha value is -4.46. The number of carbonyl (C=O) groups excluding carboxylic acids is 3. The number of carbonyl (C=O) groups is 3. The van der Waals surface area contributed by atoms with Crippen molar-refractivity contribution in [1.29, 1.82) is 0 Å². The van der Waals surface area contributed by atoms with Gasteiger partial charge in [-0.3, -0.25) is 24.1 Å². The minimum absolute atomic E-state index is 0.0403. The zero-order valence-electron chi connectivity index (χ0n) is 20.7. The summed E-state index contributed by atoms with van der Waals surface area (Å²) in [5.74, 6) is 0.00290. The molecule has 37 heavy (non-hydrogen) atoms. The predicted octanol–water partition coefficient (Wildman–Crippen LogP) is 4.24. The van der Waals surface area contributed by atoms with Crippen LogP contribution in [0.1, 0.15) is 53.0 Å². The lowest BCUT2D eigenvalue weighted by Gasteiger charge is -2.29. The number of benzene rings is 2. The van der Waals surface area contributed by atoms with E-state index in [9.17, 15) is 14.4 Å². The van der Waals surface area contributed by atoms with Crippen LogP contribution in [-0.4, -0.2) is 38.0 Å². The molecule has 0 aliphatic carbocycles. The number of hydrogen-bond acceptors (Lipinski definition) is 5. The van der Waals surface area contributed by atoms with Gasteiger partial charge in [0.05, 0.1) is 0 Å². The first kappa shape index (κ1) is 23.0. The molecule has 2 unspecified atom stereocenters. The monoisotopic (exact) mass is 493 g/mol. The normalized spacial score (nSPS) is 18.2. The van der Waals surface area contributed by atoms with E-state index in [1.807, 2.05) is 48.5 Å². The second kappa shape index (κ2) is 8.89. The van der Waals surface area contributed by atoms with Crippen LogP contribution in [0.25, 0.3) is 16.9 Å². The Labute approximate surface area is 214 Å². The molecule has 3 amide bonds. The van der Waals surface area contributed by atoms with Gasteiger partial charge in [-0.1, -0.05) is 42.5 Å². The quantitative estimate of drug-likeness (QED) is 0.406. The summed E-state index contributed by atoms with van der Waals surface area (Å²) < 4.78 is 2.11. The van der Waals surface area contributed by atoms with Crippen LogP contribution in [-0.2, 0) is 16.1 Å². The second-order valence-corrected chi connectivity index (χ2v) is 9.72. The van der Waals surface area contributed by atoms with E-state index in [4.69, 9.17) is 4.98 Å². The third-order valence-electron chi connectivity index (χ3n) is 7.29. The number of pyridine rings is 1. The summed E-state index contributed by atoms with van der Waals surface area (Å²) in [5.41, 5.74) is 6.17. The number of aryl methyl sites for hydroxylation is 1. The van der Waals surface area contributed by atoms with E-state index < -0.39 is 11.9 Å². The lowest BCUT2D eigenvalue weighted by molar-refractivity contribution is -0.136. The first-order valence-corrected chi connectivity index (χ1v) is 12.5. The second-order valence-electron chi connectivity index (χ2n) is 9.72. The molecule has 0 radical (unpaired) electrons. The van der Waals surface area contributed by atoms with Crippen molar-refractivity contribution in [3.05, 3.63) is 89.1 Å². The topological polar surface area (TPSA) is 95.8 Å². The van der Waals surface area contributed by atoms with Crippen molar-refractivity contribution in [2.24, 2.45) is 0 Å². The molecule has 8 nitrogen and oxygen atoms in total. The summed E-state index contributed by atoms with van der Waals surface area (Å²) >= 11 is 0. The third-order valence-corrected chi connectivity index (χ3v) is 7.29. The molecule has 1 fully saturated rings. The van der Waals surface area contributed by atoms with Crippen LogP contribution in [0.15, 0.2) is 66.7 Å². The smallest absolute Gasteiger partial charge is 0.255 e. The fraction of sp³-hybridized carbons (Fsp3) is 0.241. The summed E-state index contributed by atoms with van der Waals surface area (Å²) in [5, 5.41) is 6.03. The van der Waals surface area contributed by atoms with Gasteiger partial charge < -0.3 is 10.2 Å². The van der Waals surface area contributed by atoms with E-state index in [0.29, 0.717) is 18.5 Å². The Bertz CT molecular complexity index is 1560. The van der Waals surface area contributed by atoms with E-state index in [0.717, 1.165) is 39.5 Å². The predicted molar refractivity (Wildman–Crippen MR) is 140 cm³/mol. The maximum atomic E-state index is 13.2. The molecule has 6 rings (SSSR count). The Kier molecular flexibility index (Phi) is 5.52. The van der Waals surface area contributed by atoms with Crippen LogP contribution < -0.4 is 10.6 Å². The van der Waals surface area contributed by atoms with Gasteiger partial charge in [-0.25, -0.2) is 4.98 Å². The molecule has 2 aromatic heterocycles. The molecule has 4 aromatic rings. The lowest BCUT2D eigenvalue weighted by Crippen LogP contribution is -2.52. The molecular weight excluding hydrogens is 466 g/mol. The Morgan fingerprint density at radius 2 is 1.84 bits per heavy atom. The summed E-state index contributed by atoms with van der Waals surface area (Å²) in [6, 6.07) is 21.4. The molecule has 0 saturated carbocycles. The van der Waals surface area contributed by atoms with Gasteiger partial charge in [0.2, 0.25) is 11.8 Å². The average Bonchev–Trinajstić information content (AvgIpc) is 3.42. The largest absolute Gasteiger partial charge is 0.363 e. The number of anilines is 1. The van der Waals surface area contributed by atoms with E-state index in [1.165, 1.54) is 0 Å². The molecule has 186 valence electrons. The Morgan fingerprint density at radius 1 is 1.03 bits per heavy atom. The van der Waals surface area contributed by atoms with Crippen LogP contribution in [0, 0.1) is 6.92 Å². The molecule has 0 bridgehead atoms. The highest BCUT2D eigenvalue weighted by Gasteiger charge is 2.39. The number of imide groups is 1. The van der Waals surface area contributed by atoms with E-state index >= 15 is 0 Å². The molecule has 0 spiro atoms. The van der Waals surface area contributed by atoms with Crippen molar-refractivity contribution >= 4 is 29.2 Å². The third kappa shape index (κ3) is 3.94.